The van der Waals surface area contributed by atoms with Gasteiger partial charge in [0.05, 0.1) is 24.5 Å². The molecule has 6 nitrogen and oxygen atoms in total. The number of benzene rings is 1. The van der Waals surface area contributed by atoms with Gasteiger partial charge in [-0.3, -0.25) is 14.5 Å². The Kier molecular flexibility index (Phi) is 3.47. The highest BCUT2D eigenvalue weighted by molar-refractivity contribution is 6.61. The highest BCUT2D eigenvalue weighted by atomic mass is 35.5. The number of amides is 2. The van der Waals surface area contributed by atoms with E-state index in [1.165, 1.54) is 4.90 Å². The number of nitrogens with zero attached hydrogens (tertiary/aromatic N) is 1. The highest BCUT2D eigenvalue weighted by Gasteiger charge is 2.67. The van der Waals surface area contributed by atoms with E-state index >= 15 is 0 Å². The van der Waals surface area contributed by atoms with E-state index in [4.69, 9.17) is 21.1 Å². The number of imide groups is 1. The zero-order chi connectivity index (χ0) is 16.9. The Balaban J connectivity index is 1.61. The number of likely N-dealkylation sites (tertiary alicyclic amines) is 1. The van der Waals surface area contributed by atoms with Gasteiger partial charge in [0.15, 0.2) is 0 Å². The topological polar surface area (TPSA) is 72.9 Å². The van der Waals surface area contributed by atoms with Crippen molar-refractivity contribution in [2.45, 2.75) is 18.2 Å². The van der Waals surface area contributed by atoms with Gasteiger partial charge in [-0.1, -0.05) is 36.4 Å². The third kappa shape index (κ3) is 2.17. The van der Waals surface area contributed by atoms with Crippen LogP contribution in [0, 0.1) is 11.8 Å². The molecule has 0 aromatic heterocycles. The Morgan fingerprint density at radius 3 is 2.71 bits per heavy atom. The molecule has 0 aliphatic carbocycles. The second-order valence-corrected chi connectivity index (χ2v) is 6.48. The van der Waals surface area contributed by atoms with Crippen molar-refractivity contribution in [1.29, 1.82) is 0 Å². The largest absolute Gasteiger partial charge is 0.450 e. The number of hydrogen-bond acceptors (Lipinski definition) is 5. The van der Waals surface area contributed by atoms with E-state index in [0.717, 1.165) is 5.56 Å². The second kappa shape index (κ2) is 5.43. The normalized spacial score (nSPS) is 33.2. The zero-order valence-electron chi connectivity index (χ0n) is 12.6. The molecule has 2 bridgehead atoms. The molecule has 0 N–H and O–H groups in total. The van der Waals surface area contributed by atoms with Crippen LogP contribution in [0.3, 0.4) is 0 Å². The monoisotopic (exact) mass is 347 g/mol. The average Bonchev–Trinajstić information content (AvgIpc) is 3.21. The number of ether oxygens (including phenoxy) is 2. The summed E-state index contributed by atoms with van der Waals surface area (Å²) in [6, 6.07) is 9.32. The van der Waals surface area contributed by atoms with E-state index in [9.17, 15) is 14.4 Å². The van der Waals surface area contributed by atoms with Gasteiger partial charge < -0.3 is 9.47 Å². The van der Waals surface area contributed by atoms with Crippen molar-refractivity contribution >= 4 is 28.8 Å². The maximum Gasteiger partial charge on any atom is 0.403 e. The third-order valence-electron chi connectivity index (χ3n) is 4.84. The molecule has 2 saturated heterocycles. The Morgan fingerprint density at radius 2 is 2.00 bits per heavy atom. The van der Waals surface area contributed by atoms with Gasteiger partial charge in [-0.15, -0.1) is 0 Å². The summed E-state index contributed by atoms with van der Waals surface area (Å²) in [4.78, 5) is 37.8. The fourth-order valence-corrected chi connectivity index (χ4v) is 3.87. The summed E-state index contributed by atoms with van der Waals surface area (Å²) in [7, 11) is 0. The number of carbonyl (C=O) groups excluding carboxylic acids is 3. The molecule has 1 aromatic rings. The lowest BCUT2D eigenvalue weighted by Gasteiger charge is -2.27. The SMILES string of the molecule is O=C(Cl)OCC12C=CC(O1)C1C(=O)N(Cc3ccccc3)C(=O)C12. The molecule has 2 fully saturated rings. The minimum absolute atomic E-state index is 0.179. The van der Waals surface area contributed by atoms with Gasteiger partial charge in [0.2, 0.25) is 11.8 Å². The minimum Gasteiger partial charge on any atom is -0.450 e. The molecule has 0 spiro atoms. The van der Waals surface area contributed by atoms with Gasteiger partial charge in [-0.05, 0) is 11.6 Å². The lowest BCUT2D eigenvalue weighted by atomic mass is 9.77. The lowest BCUT2D eigenvalue weighted by molar-refractivity contribution is -0.146. The van der Waals surface area contributed by atoms with E-state index in [1.807, 2.05) is 30.3 Å². The van der Waals surface area contributed by atoms with Gasteiger partial charge in [-0.25, -0.2) is 4.79 Å². The summed E-state index contributed by atoms with van der Waals surface area (Å²) in [5, 5.41) is 0. The molecule has 0 saturated carbocycles. The predicted octanol–water partition coefficient (Wildman–Crippen LogP) is 1.87. The zero-order valence-corrected chi connectivity index (χ0v) is 13.3. The Labute approximate surface area is 143 Å². The molecule has 24 heavy (non-hydrogen) atoms. The molecular formula is C17H14ClNO5. The lowest BCUT2D eigenvalue weighted by Crippen LogP contribution is -2.44. The van der Waals surface area contributed by atoms with Crippen LogP contribution in [0.5, 0.6) is 0 Å². The molecule has 124 valence electrons. The van der Waals surface area contributed by atoms with Crippen molar-refractivity contribution in [3.8, 4) is 0 Å². The number of halogens is 1. The fraction of sp³-hybridized carbons (Fsp3) is 0.353. The van der Waals surface area contributed by atoms with Gasteiger partial charge in [0, 0.05) is 11.6 Å². The summed E-state index contributed by atoms with van der Waals surface area (Å²) in [5.41, 5.74) is -1.19. The Hall–Kier alpha value is -2.18. The first kappa shape index (κ1) is 15.4. The Morgan fingerprint density at radius 1 is 1.25 bits per heavy atom. The first-order valence-electron chi connectivity index (χ1n) is 7.60. The first-order valence-corrected chi connectivity index (χ1v) is 7.98. The standard InChI is InChI=1S/C17H14ClNO5/c18-16(22)23-9-17-7-6-11(24-17)12-13(17)15(21)19(14(12)20)8-10-4-2-1-3-5-10/h1-7,11-13H,8-9H2. The summed E-state index contributed by atoms with van der Waals surface area (Å²) in [6.07, 6.45) is 2.98. The maximum absolute atomic E-state index is 12.9. The maximum atomic E-state index is 12.9. The molecule has 3 aliphatic heterocycles. The van der Waals surface area contributed by atoms with Gasteiger partial charge in [0.25, 0.3) is 0 Å². The summed E-state index contributed by atoms with van der Waals surface area (Å²) < 4.78 is 10.7. The van der Waals surface area contributed by atoms with Crippen LogP contribution in [0.4, 0.5) is 4.79 Å². The molecule has 0 radical (unpaired) electrons. The van der Waals surface area contributed by atoms with Crippen molar-refractivity contribution in [2.24, 2.45) is 11.8 Å². The fourth-order valence-electron chi connectivity index (χ4n) is 3.82. The molecule has 3 heterocycles. The van der Waals surface area contributed by atoms with Crippen LogP contribution in [0.15, 0.2) is 42.5 Å². The van der Waals surface area contributed by atoms with Crippen molar-refractivity contribution in [1.82, 2.24) is 4.90 Å². The highest BCUT2D eigenvalue weighted by Crippen LogP contribution is 2.52. The van der Waals surface area contributed by atoms with Gasteiger partial charge >= 0.3 is 5.43 Å². The van der Waals surface area contributed by atoms with E-state index in [2.05, 4.69) is 0 Å². The van der Waals surface area contributed by atoms with E-state index in [1.54, 1.807) is 12.2 Å². The summed E-state index contributed by atoms with van der Waals surface area (Å²) in [5.74, 6) is -1.80. The van der Waals surface area contributed by atoms with Crippen LogP contribution < -0.4 is 0 Å². The second-order valence-electron chi connectivity index (χ2n) is 6.17. The van der Waals surface area contributed by atoms with Crippen molar-refractivity contribution in [3.05, 3.63) is 48.0 Å². The third-order valence-corrected chi connectivity index (χ3v) is 4.95. The van der Waals surface area contributed by atoms with Crippen LogP contribution in [0.25, 0.3) is 0 Å². The first-order chi connectivity index (χ1) is 11.5. The molecule has 4 atom stereocenters. The van der Waals surface area contributed by atoms with Crippen LogP contribution in [0.2, 0.25) is 0 Å². The minimum atomic E-state index is -1.10. The van der Waals surface area contributed by atoms with Crippen LogP contribution in [0.1, 0.15) is 5.56 Å². The van der Waals surface area contributed by atoms with Crippen molar-refractivity contribution in [3.63, 3.8) is 0 Å². The molecule has 4 unspecified atom stereocenters. The quantitative estimate of drug-likeness (QED) is 0.472. The molecule has 4 rings (SSSR count). The number of hydrogen-bond donors (Lipinski definition) is 0. The summed E-state index contributed by atoms with van der Waals surface area (Å²) in [6.45, 7) is 0.0469. The number of rotatable bonds is 4. The molecule has 2 amide bonds. The smallest absolute Gasteiger partial charge is 0.403 e. The molecule has 1 aromatic carbocycles. The number of fused-ring (bicyclic) bond motifs is 5. The molecule has 3 aliphatic rings. The van der Waals surface area contributed by atoms with Crippen molar-refractivity contribution in [2.75, 3.05) is 6.61 Å². The number of carbonyl (C=O) groups is 3. The summed E-state index contributed by atoms with van der Waals surface area (Å²) >= 11 is 5.23. The van der Waals surface area contributed by atoms with Crippen LogP contribution >= 0.6 is 11.6 Å². The Bertz CT molecular complexity index is 749. The van der Waals surface area contributed by atoms with E-state index < -0.39 is 29.0 Å². The van der Waals surface area contributed by atoms with E-state index in [0.29, 0.717) is 0 Å². The van der Waals surface area contributed by atoms with E-state index in [-0.39, 0.29) is 25.0 Å². The predicted molar refractivity (Wildman–Crippen MR) is 82.9 cm³/mol. The van der Waals surface area contributed by atoms with Crippen molar-refractivity contribution < 1.29 is 23.9 Å². The van der Waals surface area contributed by atoms with Crippen LogP contribution in [-0.4, -0.2) is 40.5 Å². The molecular weight excluding hydrogens is 334 g/mol. The molecule has 7 heteroatoms. The van der Waals surface area contributed by atoms with Gasteiger partial charge in [-0.2, -0.15) is 0 Å². The van der Waals surface area contributed by atoms with Crippen LogP contribution in [-0.2, 0) is 25.6 Å². The average molecular weight is 348 g/mol. The van der Waals surface area contributed by atoms with Gasteiger partial charge in [0.1, 0.15) is 12.2 Å².